The number of piperidine rings is 1. The van der Waals surface area contributed by atoms with Gasteiger partial charge in [0.2, 0.25) is 0 Å². The van der Waals surface area contributed by atoms with Crippen LogP contribution in [0.2, 0.25) is 0 Å². The van der Waals surface area contributed by atoms with Gasteiger partial charge in [-0.05, 0) is 37.9 Å². The maximum absolute atomic E-state index is 14.6. The van der Waals surface area contributed by atoms with Gasteiger partial charge in [-0.3, -0.25) is 4.98 Å². The molecule has 1 saturated heterocycles. The number of aromatic nitrogens is 1. The van der Waals surface area contributed by atoms with E-state index in [2.05, 4.69) is 16.8 Å². The summed E-state index contributed by atoms with van der Waals surface area (Å²) < 4.78 is 14.6. The lowest BCUT2D eigenvalue weighted by Gasteiger charge is -2.36. The van der Waals surface area contributed by atoms with E-state index in [0.717, 1.165) is 31.7 Å². The molecule has 0 N–H and O–H groups in total. The number of hydrogen-bond donors (Lipinski definition) is 0. The third-order valence-corrected chi connectivity index (χ3v) is 3.52. The Hall–Kier alpha value is -0.960. The second kappa shape index (κ2) is 5.58. The summed E-state index contributed by atoms with van der Waals surface area (Å²) >= 11 is 0. The molecule has 0 unspecified atom stereocenters. The Labute approximate surface area is 103 Å². The van der Waals surface area contributed by atoms with E-state index in [4.69, 9.17) is 0 Å². The van der Waals surface area contributed by atoms with Crippen molar-refractivity contribution in [1.82, 2.24) is 9.88 Å². The van der Waals surface area contributed by atoms with Crippen LogP contribution in [-0.2, 0) is 6.42 Å². The lowest BCUT2D eigenvalue weighted by atomic mass is 9.88. The van der Waals surface area contributed by atoms with Gasteiger partial charge in [-0.1, -0.05) is 13.0 Å². The standard InChI is InChI=1S/C14H21FN2/c1-2-9-17-10-6-14(15,7-11-17)12-13-5-3-4-8-16-13/h3-5,8H,2,6-7,9-12H2,1H3. The van der Waals surface area contributed by atoms with Crippen LogP contribution in [0.5, 0.6) is 0 Å². The topological polar surface area (TPSA) is 16.1 Å². The van der Waals surface area contributed by atoms with Gasteiger partial charge in [0.15, 0.2) is 0 Å². The number of alkyl halides is 1. The van der Waals surface area contributed by atoms with Crippen LogP contribution >= 0.6 is 0 Å². The minimum absolute atomic E-state index is 0.466. The van der Waals surface area contributed by atoms with Crippen LogP contribution in [0.3, 0.4) is 0 Å². The summed E-state index contributed by atoms with van der Waals surface area (Å²) in [6.07, 6.45) is 4.64. The third kappa shape index (κ3) is 3.50. The fourth-order valence-electron chi connectivity index (χ4n) is 2.50. The highest BCUT2D eigenvalue weighted by atomic mass is 19.1. The highest BCUT2D eigenvalue weighted by molar-refractivity contribution is 5.08. The molecule has 0 atom stereocenters. The Morgan fingerprint density at radius 1 is 1.35 bits per heavy atom. The molecule has 0 aromatic carbocycles. The molecule has 17 heavy (non-hydrogen) atoms. The highest BCUT2D eigenvalue weighted by Crippen LogP contribution is 2.29. The van der Waals surface area contributed by atoms with Crippen LogP contribution in [-0.4, -0.2) is 35.2 Å². The summed E-state index contributed by atoms with van der Waals surface area (Å²) in [7, 11) is 0. The summed E-state index contributed by atoms with van der Waals surface area (Å²) in [5.41, 5.74) is -0.169. The second-order valence-corrected chi connectivity index (χ2v) is 4.99. The maximum Gasteiger partial charge on any atom is 0.119 e. The first-order valence-corrected chi connectivity index (χ1v) is 6.53. The molecule has 1 aliphatic rings. The van der Waals surface area contributed by atoms with Crippen molar-refractivity contribution in [3.8, 4) is 0 Å². The molecule has 0 saturated carbocycles. The number of hydrogen-bond acceptors (Lipinski definition) is 2. The summed E-state index contributed by atoms with van der Waals surface area (Å²) in [5.74, 6) is 0. The zero-order chi connectivity index (χ0) is 12.1. The summed E-state index contributed by atoms with van der Waals surface area (Å²) in [6, 6.07) is 5.72. The van der Waals surface area contributed by atoms with E-state index in [1.165, 1.54) is 0 Å². The Morgan fingerprint density at radius 3 is 2.71 bits per heavy atom. The van der Waals surface area contributed by atoms with Crippen molar-refractivity contribution in [2.75, 3.05) is 19.6 Å². The molecule has 1 fully saturated rings. The van der Waals surface area contributed by atoms with Gasteiger partial charge < -0.3 is 4.90 Å². The van der Waals surface area contributed by atoms with Crippen molar-refractivity contribution in [2.24, 2.45) is 0 Å². The van der Waals surface area contributed by atoms with Gasteiger partial charge >= 0.3 is 0 Å². The SMILES string of the molecule is CCCN1CCC(F)(Cc2ccccn2)CC1. The molecule has 1 aromatic heterocycles. The van der Waals surface area contributed by atoms with Gasteiger partial charge in [0.1, 0.15) is 5.67 Å². The molecule has 94 valence electrons. The minimum Gasteiger partial charge on any atom is -0.303 e. The molecule has 2 nitrogen and oxygen atoms in total. The van der Waals surface area contributed by atoms with Crippen LogP contribution in [0, 0.1) is 0 Å². The van der Waals surface area contributed by atoms with E-state index in [0.29, 0.717) is 19.3 Å². The van der Waals surface area contributed by atoms with Gasteiger partial charge in [0, 0.05) is 31.4 Å². The van der Waals surface area contributed by atoms with E-state index >= 15 is 0 Å². The van der Waals surface area contributed by atoms with Gasteiger partial charge in [-0.25, -0.2) is 4.39 Å². The van der Waals surface area contributed by atoms with Crippen molar-refractivity contribution in [2.45, 2.75) is 38.3 Å². The van der Waals surface area contributed by atoms with E-state index in [1.54, 1.807) is 6.20 Å². The molecule has 2 rings (SSSR count). The summed E-state index contributed by atoms with van der Waals surface area (Å²) in [4.78, 5) is 6.58. The molecule has 0 radical (unpaired) electrons. The van der Waals surface area contributed by atoms with Crippen molar-refractivity contribution >= 4 is 0 Å². The molecule has 1 aromatic rings. The normalized spacial score (nSPS) is 20.4. The number of rotatable bonds is 4. The van der Waals surface area contributed by atoms with Crippen LogP contribution in [0.15, 0.2) is 24.4 Å². The lowest BCUT2D eigenvalue weighted by molar-refractivity contribution is 0.0579. The van der Waals surface area contributed by atoms with Gasteiger partial charge in [0.25, 0.3) is 0 Å². The fraction of sp³-hybridized carbons (Fsp3) is 0.643. The molecular weight excluding hydrogens is 215 g/mol. The van der Waals surface area contributed by atoms with E-state index in [9.17, 15) is 4.39 Å². The fourth-order valence-corrected chi connectivity index (χ4v) is 2.50. The van der Waals surface area contributed by atoms with Gasteiger partial charge in [-0.15, -0.1) is 0 Å². The van der Waals surface area contributed by atoms with Gasteiger partial charge in [-0.2, -0.15) is 0 Å². The molecule has 0 amide bonds. The third-order valence-electron chi connectivity index (χ3n) is 3.52. The highest BCUT2D eigenvalue weighted by Gasteiger charge is 2.34. The Kier molecular flexibility index (Phi) is 4.11. The Morgan fingerprint density at radius 2 is 2.12 bits per heavy atom. The lowest BCUT2D eigenvalue weighted by Crippen LogP contribution is -2.43. The minimum atomic E-state index is -1.04. The number of halogens is 1. The van der Waals surface area contributed by atoms with Crippen LogP contribution in [0.4, 0.5) is 4.39 Å². The first kappa shape index (κ1) is 12.5. The summed E-state index contributed by atoms with van der Waals surface area (Å²) in [5, 5.41) is 0. The smallest absolute Gasteiger partial charge is 0.119 e. The molecule has 0 spiro atoms. The molecule has 3 heteroatoms. The van der Waals surface area contributed by atoms with Crippen molar-refractivity contribution in [1.29, 1.82) is 0 Å². The average Bonchev–Trinajstić information content (AvgIpc) is 2.34. The summed E-state index contributed by atoms with van der Waals surface area (Å²) in [6.45, 7) is 5.04. The molecule has 2 heterocycles. The zero-order valence-corrected chi connectivity index (χ0v) is 10.5. The largest absolute Gasteiger partial charge is 0.303 e. The van der Waals surface area contributed by atoms with E-state index < -0.39 is 5.67 Å². The average molecular weight is 236 g/mol. The number of pyridine rings is 1. The number of likely N-dealkylation sites (tertiary alicyclic amines) is 1. The predicted molar refractivity (Wildman–Crippen MR) is 67.7 cm³/mol. The number of nitrogens with zero attached hydrogens (tertiary/aromatic N) is 2. The maximum atomic E-state index is 14.6. The Balaban J connectivity index is 1.89. The quantitative estimate of drug-likeness (QED) is 0.799. The van der Waals surface area contributed by atoms with Crippen molar-refractivity contribution in [3.05, 3.63) is 30.1 Å². The Bertz CT molecular complexity index is 331. The monoisotopic (exact) mass is 236 g/mol. The van der Waals surface area contributed by atoms with Crippen LogP contribution in [0.25, 0.3) is 0 Å². The van der Waals surface area contributed by atoms with E-state index in [-0.39, 0.29) is 0 Å². The molecule has 0 aliphatic carbocycles. The molecule has 1 aliphatic heterocycles. The van der Waals surface area contributed by atoms with Crippen molar-refractivity contribution < 1.29 is 4.39 Å². The second-order valence-electron chi connectivity index (χ2n) is 4.99. The first-order chi connectivity index (χ1) is 8.22. The molecular formula is C14H21FN2. The first-order valence-electron chi connectivity index (χ1n) is 6.53. The predicted octanol–water partition coefficient (Wildman–Crippen LogP) is 2.84. The van der Waals surface area contributed by atoms with E-state index in [1.807, 2.05) is 18.2 Å². The zero-order valence-electron chi connectivity index (χ0n) is 10.5. The van der Waals surface area contributed by atoms with Gasteiger partial charge in [0.05, 0.1) is 0 Å². The van der Waals surface area contributed by atoms with Crippen LogP contribution < -0.4 is 0 Å². The molecule has 0 bridgehead atoms. The van der Waals surface area contributed by atoms with Crippen LogP contribution in [0.1, 0.15) is 31.9 Å². The van der Waals surface area contributed by atoms with Crippen molar-refractivity contribution in [3.63, 3.8) is 0 Å².